The molecule has 1 heterocycles. The van der Waals surface area contributed by atoms with E-state index in [1.807, 2.05) is 0 Å². The lowest BCUT2D eigenvalue weighted by atomic mass is 10.1. The summed E-state index contributed by atoms with van der Waals surface area (Å²) in [5.41, 5.74) is 0.755. The van der Waals surface area contributed by atoms with Crippen LogP contribution in [0.25, 0.3) is 0 Å². The molecule has 0 bridgehead atoms. The molecule has 100 valence electrons. The smallest absolute Gasteiger partial charge is 0.186 e. The number of carbonyl (C=O) groups excluding carboxylic acids is 1. The molecular formula is C13H20N2O2S. The standard InChI is InChI=1S/C13H20N2O2S/c1-15(7-10-5-3-4-6-10)13-14-11(9-17-2)12(8-16)18-13/h8,10H,3-7,9H2,1-2H3. The third-order valence-electron chi connectivity index (χ3n) is 3.44. The van der Waals surface area contributed by atoms with Crippen molar-refractivity contribution in [3.05, 3.63) is 10.6 Å². The molecule has 18 heavy (non-hydrogen) atoms. The van der Waals surface area contributed by atoms with Gasteiger partial charge in [0, 0.05) is 20.7 Å². The number of anilines is 1. The van der Waals surface area contributed by atoms with Gasteiger partial charge in [0.25, 0.3) is 0 Å². The molecule has 0 aliphatic heterocycles. The van der Waals surface area contributed by atoms with Crippen LogP contribution < -0.4 is 4.90 Å². The molecule has 1 aromatic heterocycles. The van der Waals surface area contributed by atoms with Gasteiger partial charge in [-0.05, 0) is 18.8 Å². The van der Waals surface area contributed by atoms with Crippen LogP contribution in [-0.4, -0.2) is 32.0 Å². The van der Waals surface area contributed by atoms with Crippen LogP contribution in [0.15, 0.2) is 0 Å². The summed E-state index contributed by atoms with van der Waals surface area (Å²) >= 11 is 1.46. The minimum Gasteiger partial charge on any atom is -0.378 e. The Balaban J connectivity index is 2.04. The highest BCUT2D eigenvalue weighted by Gasteiger charge is 2.19. The Morgan fingerprint density at radius 1 is 1.50 bits per heavy atom. The van der Waals surface area contributed by atoms with E-state index in [0.29, 0.717) is 11.5 Å². The first kappa shape index (κ1) is 13.5. The molecule has 0 atom stereocenters. The number of hydrogen-bond acceptors (Lipinski definition) is 5. The van der Waals surface area contributed by atoms with E-state index in [-0.39, 0.29) is 0 Å². The summed E-state index contributed by atoms with van der Waals surface area (Å²) in [6, 6.07) is 0. The summed E-state index contributed by atoms with van der Waals surface area (Å²) in [6.07, 6.45) is 6.22. The number of aldehydes is 1. The number of carbonyl (C=O) groups is 1. The molecule has 1 saturated carbocycles. The Hall–Kier alpha value is -0.940. The number of thiazole rings is 1. The van der Waals surface area contributed by atoms with E-state index in [2.05, 4.69) is 16.9 Å². The highest BCUT2D eigenvalue weighted by atomic mass is 32.1. The van der Waals surface area contributed by atoms with Gasteiger partial charge in [-0.2, -0.15) is 0 Å². The normalized spacial score (nSPS) is 16.1. The third kappa shape index (κ3) is 3.09. The maximum atomic E-state index is 11.0. The van der Waals surface area contributed by atoms with E-state index in [1.54, 1.807) is 7.11 Å². The molecule has 2 rings (SSSR count). The Morgan fingerprint density at radius 3 is 2.83 bits per heavy atom. The van der Waals surface area contributed by atoms with Crippen molar-refractivity contribution in [1.29, 1.82) is 0 Å². The van der Waals surface area contributed by atoms with Gasteiger partial charge in [0.2, 0.25) is 0 Å². The molecule has 0 spiro atoms. The van der Waals surface area contributed by atoms with Crippen LogP contribution in [0.5, 0.6) is 0 Å². The van der Waals surface area contributed by atoms with Crippen LogP contribution in [0.1, 0.15) is 41.0 Å². The second-order valence-corrected chi connectivity index (χ2v) is 5.90. The zero-order chi connectivity index (χ0) is 13.0. The minimum atomic E-state index is 0.405. The molecule has 0 saturated heterocycles. The minimum absolute atomic E-state index is 0.405. The van der Waals surface area contributed by atoms with Crippen LogP contribution >= 0.6 is 11.3 Å². The van der Waals surface area contributed by atoms with Gasteiger partial charge in [-0.3, -0.25) is 4.79 Å². The molecular weight excluding hydrogens is 248 g/mol. The molecule has 0 unspecified atom stereocenters. The largest absolute Gasteiger partial charge is 0.378 e. The van der Waals surface area contributed by atoms with E-state index in [9.17, 15) is 4.79 Å². The van der Waals surface area contributed by atoms with Gasteiger partial charge < -0.3 is 9.64 Å². The molecule has 1 aliphatic carbocycles. The average molecular weight is 268 g/mol. The van der Waals surface area contributed by atoms with E-state index in [0.717, 1.165) is 29.6 Å². The monoisotopic (exact) mass is 268 g/mol. The van der Waals surface area contributed by atoms with Crippen LogP contribution in [0.3, 0.4) is 0 Å². The van der Waals surface area contributed by atoms with Crippen molar-refractivity contribution >= 4 is 22.8 Å². The summed E-state index contributed by atoms with van der Waals surface area (Å²) in [4.78, 5) is 18.3. The molecule has 0 radical (unpaired) electrons. The molecule has 1 fully saturated rings. The Morgan fingerprint density at radius 2 is 2.22 bits per heavy atom. The van der Waals surface area contributed by atoms with Crippen molar-refractivity contribution in [2.24, 2.45) is 5.92 Å². The molecule has 0 aromatic carbocycles. The lowest BCUT2D eigenvalue weighted by Crippen LogP contribution is -2.23. The van der Waals surface area contributed by atoms with Crippen LogP contribution in [0, 0.1) is 5.92 Å². The van der Waals surface area contributed by atoms with Crippen LogP contribution in [0.4, 0.5) is 5.13 Å². The van der Waals surface area contributed by atoms with E-state index in [4.69, 9.17) is 4.74 Å². The average Bonchev–Trinajstić information content (AvgIpc) is 2.98. The summed E-state index contributed by atoms with van der Waals surface area (Å²) in [7, 11) is 3.68. The zero-order valence-electron chi connectivity index (χ0n) is 11.0. The van der Waals surface area contributed by atoms with Crippen molar-refractivity contribution in [3.8, 4) is 0 Å². The van der Waals surface area contributed by atoms with Crippen LogP contribution in [-0.2, 0) is 11.3 Å². The predicted molar refractivity (Wildman–Crippen MR) is 73.4 cm³/mol. The van der Waals surface area contributed by atoms with Crippen molar-refractivity contribution in [2.75, 3.05) is 25.6 Å². The topological polar surface area (TPSA) is 42.4 Å². The fourth-order valence-corrected chi connectivity index (χ4v) is 3.36. The van der Waals surface area contributed by atoms with Crippen molar-refractivity contribution in [2.45, 2.75) is 32.3 Å². The maximum absolute atomic E-state index is 11.0. The molecule has 1 aromatic rings. The number of hydrogen-bond donors (Lipinski definition) is 0. The van der Waals surface area contributed by atoms with Crippen molar-refractivity contribution in [3.63, 3.8) is 0 Å². The lowest BCUT2D eigenvalue weighted by Gasteiger charge is -2.19. The summed E-state index contributed by atoms with van der Waals surface area (Å²) in [5, 5.41) is 0.927. The quantitative estimate of drug-likeness (QED) is 0.744. The summed E-state index contributed by atoms with van der Waals surface area (Å²) in [6.45, 7) is 1.44. The van der Waals surface area contributed by atoms with Crippen molar-refractivity contribution < 1.29 is 9.53 Å². The first-order valence-corrected chi connectivity index (χ1v) is 7.21. The van der Waals surface area contributed by atoms with Crippen LogP contribution in [0.2, 0.25) is 0 Å². The third-order valence-corrected chi connectivity index (χ3v) is 4.58. The summed E-state index contributed by atoms with van der Waals surface area (Å²) < 4.78 is 5.06. The second kappa shape index (κ2) is 6.29. The van der Waals surface area contributed by atoms with Gasteiger partial charge in [-0.1, -0.05) is 24.2 Å². The van der Waals surface area contributed by atoms with Gasteiger partial charge in [0.1, 0.15) is 0 Å². The van der Waals surface area contributed by atoms with Gasteiger partial charge in [-0.15, -0.1) is 0 Å². The van der Waals surface area contributed by atoms with E-state index < -0.39 is 0 Å². The Bertz CT molecular complexity index is 400. The Labute approximate surface area is 112 Å². The van der Waals surface area contributed by atoms with E-state index >= 15 is 0 Å². The number of rotatable bonds is 6. The van der Waals surface area contributed by atoms with Gasteiger partial charge in [-0.25, -0.2) is 4.98 Å². The zero-order valence-corrected chi connectivity index (χ0v) is 11.8. The molecule has 4 nitrogen and oxygen atoms in total. The predicted octanol–water partition coefficient (Wildman–Crippen LogP) is 2.73. The number of methoxy groups -OCH3 is 1. The highest BCUT2D eigenvalue weighted by Crippen LogP contribution is 2.29. The SMILES string of the molecule is COCc1nc(N(C)CC2CCCC2)sc1C=O. The Kier molecular flexibility index (Phi) is 4.72. The highest BCUT2D eigenvalue weighted by molar-refractivity contribution is 7.17. The first-order valence-electron chi connectivity index (χ1n) is 6.39. The van der Waals surface area contributed by atoms with Gasteiger partial charge in [0.05, 0.1) is 17.2 Å². The molecule has 5 heteroatoms. The molecule has 1 aliphatic rings. The van der Waals surface area contributed by atoms with Gasteiger partial charge >= 0.3 is 0 Å². The number of nitrogens with zero attached hydrogens (tertiary/aromatic N) is 2. The molecule has 0 N–H and O–H groups in total. The number of aromatic nitrogens is 1. The van der Waals surface area contributed by atoms with Crippen molar-refractivity contribution in [1.82, 2.24) is 4.98 Å². The first-order chi connectivity index (χ1) is 8.74. The lowest BCUT2D eigenvalue weighted by molar-refractivity contribution is 0.112. The van der Waals surface area contributed by atoms with Gasteiger partial charge in [0.15, 0.2) is 11.4 Å². The fourth-order valence-electron chi connectivity index (χ4n) is 2.50. The van der Waals surface area contributed by atoms with E-state index in [1.165, 1.54) is 37.0 Å². The maximum Gasteiger partial charge on any atom is 0.186 e. The second-order valence-electron chi connectivity index (χ2n) is 4.89. The summed E-state index contributed by atoms with van der Waals surface area (Å²) in [5.74, 6) is 0.782. The fraction of sp³-hybridized carbons (Fsp3) is 0.692. The molecule has 0 amide bonds. The number of ether oxygens (including phenoxy) is 1.